The van der Waals surface area contributed by atoms with E-state index >= 15 is 0 Å². The zero-order valence-corrected chi connectivity index (χ0v) is 19.1. The van der Waals surface area contributed by atoms with Crippen LogP contribution in [0.2, 0.25) is 0 Å². The molecule has 0 spiro atoms. The van der Waals surface area contributed by atoms with Crippen molar-refractivity contribution in [1.82, 2.24) is 25.5 Å². The van der Waals surface area contributed by atoms with Crippen molar-refractivity contribution in [2.24, 2.45) is 0 Å². The predicted molar refractivity (Wildman–Crippen MR) is 126 cm³/mol. The lowest BCUT2D eigenvalue weighted by molar-refractivity contribution is 0.185. The number of aromatic nitrogens is 4. The van der Waals surface area contributed by atoms with E-state index in [1.54, 1.807) is 25.4 Å². The van der Waals surface area contributed by atoms with Crippen molar-refractivity contribution in [3.63, 3.8) is 0 Å². The highest BCUT2D eigenvalue weighted by atomic mass is 16.5. The average Bonchev–Trinajstić information content (AvgIpc) is 3.47. The zero-order chi connectivity index (χ0) is 24.4. The summed E-state index contributed by atoms with van der Waals surface area (Å²) < 4.78 is 12.1. The molecule has 2 aliphatic rings. The highest BCUT2D eigenvalue weighted by Gasteiger charge is 2.32. The number of hydrogen-bond acceptors (Lipinski definition) is 8. The van der Waals surface area contributed by atoms with Crippen LogP contribution in [-0.2, 0) is 0 Å². The molecule has 0 saturated heterocycles. The van der Waals surface area contributed by atoms with Crippen LogP contribution in [-0.4, -0.2) is 50.6 Å². The minimum atomic E-state index is -1.02. The van der Waals surface area contributed by atoms with Gasteiger partial charge < -0.3 is 25.2 Å². The van der Waals surface area contributed by atoms with E-state index in [0.29, 0.717) is 52.4 Å². The smallest absolute Gasteiger partial charge is 0.404 e. The van der Waals surface area contributed by atoms with Crippen LogP contribution in [0, 0.1) is 11.3 Å². The van der Waals surface area contributed by atoms with Crippen molar-refractivity contribution in [3.05, 3.63) is 41.9 Å². The van der Waals surface area contributed by atoms with E-state index in [9.17, 15) is 4.79 Å². The predicted octanol–water partition coefficient (Wildman–Crippen LogP) is 3.94. The monoisotopic (exact) mass is 475 g/mol. The summed E-state index contributed by atoms with van der Waals surface area (Å²) in [7, 11) is 1.58. The van der Waals surface area contributed by atoms with Crippen LogP contribution in [0.5, 0.6) is 11.6 Å². The number of anilines is 2. The molecule has 2 fully saturated rings. The number of rotatable bonds is 8. The summed E-state index contributed by atoms with van der Waals surface area (Å²) in [5.41, 5.74) is 3.27. The number of aromatic amines is 1. The molecule has 0 aliphatic heterocycles. The molecule has 0 bridgehead atoms. The molecule has 0 radical (unpaired) electrons. The molecule has 180 valence electrons. The summed E-state index contributed by atoms with van der Waals surface area (Å²) in [5, 5.41) is 31.1. The number of carbonyl (C=O) groups is 1. The van der Waals surface area contributed by atoms with Crippen LogP contribution in [0.1, 0.15) is 49.4 Å². The van der Waals surface area contributed by atoms with Crippen molar-refractivity contribution in [2.45, 2.75) is 50.2 Å². The minimum absolute atomic E-state index is 0.128. The van der Waals surface area contributed by atoms with Crippen LogP contribution in [0.4, 0.5) is 16.3 Å². The number of pyridine rings is 2. The second kappa shape index (κ2) is 9.50. The molecule has 3 aromatic heterocycles. The molecule has 35 heavy (non-hydrogen) atoms. The van der Waals surface area contributed by atoms with E-state index in [-0.39, 0.29) is 12.1 Å². The van der Waals surface area contributed by atoms with Gasteiger partial charge >= 0.3 is 6.09 Å². The molecule has 4 N–H and O–H groups in total. The van der Waals surface area contributed by atoms with Gasteiger partial charge in [0.05, 0.1) is 30.4 Å². The van der Waals surface area contributed by atoms with Gasteiger partial charge in [0.25, 0.3) is 0 Å². The maximum absolute atomic E-state index is 11.0. The van der Waals surface area contributed by atoms with E-state index < -0.39 is 6.09 Å². The highest BCUT2D eigenvalue weighted by molar-refractivity contribution is 5.75. The first-order chi connectivity index (χ1) is 17.0. The Kier molecular flexibility index (Phi) is 6.10. The summed E-state index contributed by atoms with van der Waals surface area (Å²) in [5.74, 6) is 2.03. The Balaban J connectivity index is 1.42. The first-order valence-electron chi connectivity index (χ1n) is 11.5. The Morgan fingerprint density at radius 1 is 1.26 bits per heavy atom. The molecule has 11 nitrogen and oxygen atoms in total. The first kappa shape index (κ1) is 22.5. The fourth-order valence-corrected chi connectivity index (χ4v) is 4.32. The second-order valence-electron chi connectivity index (χ2n) is 8.74. The van der Waals surface area contributed by atoms with Crippen molar-refractivity contribution < 1.29 is 19.4 Å². The molecule has 1 amide bonds. The average molecular weight is 476 g/mol. The Morgan fingerprint density at radius 2 is 2.11 bits per heavy atom. The van der Waals surface area contributed by atoms with Crippen LogP contribution < -0.4 is 20.1 Å². The second-order valence-corrected chi connectivity index (χ2v) is 8.74. The molecule has 11 heteroatoms. The van der Waals surface area contributed by atoms with Gasteiger partial charge in [0, 0.05) is 30.5 Å². The van der Waals surface area contributed by atoms with E-state index in [1.807, 2.05) is 18.2 Å². The molecule has 0 unspecified atom stereocenters. The first-order valence-corrected chi connectivity index (χ1v) is 11.5. The van der Waals surface area contributed by atoms with Gasteiger partial charge in [0.2, 0.25) is 5.88 Å². The van der Waals surface area contributed by atoms with Crippen LogP contribution in [0.3, 0.4) is 0 Å². The number of ether oxygens (including phenoxy) is 2. The molecule has 2 atom stereocenters. The standard InChI is InChI=1S/C24H25N7O4/c1-34-23-22(19-10-21(31-30-19)27-16-5-4-15(11-25)26-12-16)20(9-18(29-23)13-2-3-13)35-17-7-6-14(8-17)28-24(32)33/h4-5,9-10,12-14,17,28H,2-3,6-8H2,1H3,(H,32,33)(H2,27,30,31)/t14-,17+/m0/s1. The number of methoxy groups -OCH3 is 1. The fourth-order valence-electron chi connectivity index (χ4n) is 4.32. The van der Waals surface area contributed by atoms with E-state index in [4.69, 9.17) is 24.8 Å². The lowest BCUT2D eigenvalue weighted by Crippen LogP contribution is -2.32. The SMILES string of the molecule is COc1nc(C2CC2)cc(O[C@@H]2CC[C@H](NC(=O)O)C2)c1-c1cc(Nc2ccc(C#N)nc2)n[nH]1. The van der Waals surface area contributed by atoms with Crippen molar-refractivity contribution in [1.29, 1.82) is 5.26 Å². The fraction of sp³-hybridized carbons (Fsp3) is 0.375. The van der Waals surface area contributed by atoms with Gasteiger partial charge in [-0.2, -0.15) is 10.4 Å². The number of H-pyrrole nitrogens is 1. The number of amides is 1. The molecular weight excluding hydrogens is 450 g/mol. The van der Waals surface area contributed by atoms with Crippen LogP contribution >= 0.6 is 0 Å². The lowest BCUT2D eigenvalue weighted by atomic mass is 10.1. The highest BCUT2D eigenvalue weighted by Crippen LogP contribution is 2.46. The van der Waals surface area contributed by atoms with Gasteiger partial charge in [-0.1, -0.05) is 0 Å². The van der Waals surface area contributed by atoms with Crippen molar-refractivity contribution in [2.75, 3.05) is 12.4 Å². The Morgan fingerprint density at radius 3 is 2.80 bits per heavy atom. The summed E-state index contributed by atoms with van der Waals surface area (Å²) >= 11 is 0. The van der Waals surface area contributed by atoms with Gasteiger partial charge in [0.1, 0.15) is 29.2 Å². The van der Waals surface area contributed by atoms with E-state index in [0.717, 1.165) is 31.4 Å². The third kappa shape index (κ3) is 5.11. The van der Waals surface area contributed by atoms with Gasteiger partial charge in [-0.25, -0.2) is 14.8 Å². The molecular formula is C24H25N7O4. The Hall–Kier alpha value is -4.33. The van der Waals surface area contributed by atoms with Crippen molar-refractivity contribution in [3.8, 4) is 29.0 Å². The normalized spacial score (nSPS) is 19.1. The number of nitrogens with zero attached hydrogens (tertiary/aromatic N) is 4. The van der Waals surface area contributed by atoms with Gasteiger partial charge in [-0.15, -0.1) is 0 Å². The summed E-state index contributed by atoms with van der Waals surface area (Å²) in [6, 6.07) is 9.03. The third-order valence-electron chi connectivity index (χ3n) is 6.16. The minimum Gasteiger partial charge on any atom is -0.489 e. The lowest BCUT2D eigenvalue weighted by Gasteiger charge is -2.19. The van der Waals surface area contributed by atoms with Gasteiger partial charge in [-0.05, 0) is 37.8 Å². The van der Waals surface area contributed by atoms with Gasteiger partial charge in [-0.3, -0.25) is 5.10 Å². The summed E-state index contributed by atoms with van der Waals surface area (Å²) in [6.07, 6.45) is 4.64. The third-order valence-corrected chi connectivity index (χ3v) is 6.16. The maximum Gasteiger partial charge on any atom is 0.404 e. The molecule has 5 rings (SSSR count). The number of nitrogens with one attached hydrogen (secondary N) is 3. The quantitative estimate of drug-likeness (QED) is 0.379. The molecule has 3 aromatic rings. The number of nitriles is 1. The Labute approximate surface area is 201 Å². The van der Waals surface area contributed by atoms with E-state index in [1.165, 1.54) is 0 Å². The molecule has 2 aliphatic carbocycles. The largest absolute Gasteiger partial charge is 0.489 e. The number of hydrogen-bond donors (Lipinski definition) is 4. The van der Waals surface area contributed by atoms with Gasteiger partial charge in [0.15, 0.2) is 5.82 Å². The molecule has 3 heterocycles. The maximum atomic E-state index is 11.0. The molecule has 2 saturated carbocycles. The Bertz CT molecular complexity index is 1260. The van der Waals surface area contributed by atoms with Crippen LogP contribution in [0.25, 0.3) is 11.3 Å². The van der Waals surface area contributed by atoms with Crippen LogP contribution in [0.15, 0.2) is 30.5 Å². The molecule has 0 aromatic carbocycles. The van der Waals surface area contributed by atoms with E-state index in [2.05, 4.69) is 25.8 Å². The van der Waals surface area contributed by atoms with Crippen molar-refractivity contribution >= 4 is 17.6 Å². The zero-order valence-electron chi connectivity index (χ0n) is 19.1. The summed E-state index contributed by atoms with van der Waals surface area (Å²) in [4.78, 5) is 19.8. The summed E-state index contributed by atoms with van der Waals surface area (Å²) in [6.45, 7) is 0. The topological polar surface area (TPSA) is 158 Å². The number of carboxylic acid groups (broad SMARTS) is 1.